The van der Waals surface area contributed by atoms with Crippen LogP contribution in [0.1, 0.15) is 15.9 Å². The van der Waals surface area contributed by atoms with E-state index in [2.05, 4.69) is 22.1 Å². The lowest BCUT2D eigenvalue weighted by Crippen LogP contribution is -2.49. The average molecular weight is 425 g/mol. The summed E-state index contributed by atoms with van der Waals surface area (Å²) in [5.74, 6) is 0.868. The molecule has 7 heteroatoms. The van der Waals surface area contributed by atoms with Crippen molar-refractivity contribution in [1.29, 1.82) is 0 Å². The maximum absolute atomic E-state index is 12.8. The van der Waals surface area contributed by atoms with Crippen LogP contribution in [0, 0.1) is 0 Å². The van der Waals surface area contributed by atoms with Gasteiger partial charge in [-0.3, -0.25) is 14.4 Å². The van der Waals surface area contributed by atoms with Crippen molar-refractivity contribution in [1.82, 2.24) is 19.6 Å². The van der Waals surface area contributed by atoms with E-state index >= 15 is 0 Å². The molecule has 1 fully saturated rings. The molecule has 6 nitrogen and oxygen atoms in total. The molecule has 1 aliphatic heterocycles. The molecule has 3 aromatic rings. The van der Waals surface area contributed by atoms with Crippen molar-refractivity contribution in [3.8, 4) is 5.75 Å². The first-order valence-corrected chi connectivity index (χ1v) is 10.5. The highest BCUT2D eigenvalue weighted by Crippen LogP contribution is 2.15. The van der Waals surface area contributed by atoms with E-state index in [1.807, 2.05) is 58.2 Å². The molecule has 2 heterocycles. The average Bonchev–Trinajstić information content (AvgIpc) is 3.24. The Bertz CT molecular complexity index is 951. The number of benzene rings is 2. The minimum Gasteiger partial charge on any atom is -0.492 e. The summed E-state index contributed by atoms with van der Waals surface area (Å²) in [6.07, 6.45) is 3.50. The zero-order valence-corrected chi connectivity index (χ0v) is 17.5. The Morgan fingerprint density at radius 3 is 2.47 bits per heavy atom. The van der Waals surface area contributed by atoms with Gasteiger partial charge < -0.3 is 9.64 Å². The van der Waals surface area contributed by atoms with Crippen molar-refractivity contribution in [3.05, 3.63) is 83.1 Å². The third-order valence-electron chi connectivity index (χ3n) is 5.22. The van der Waals surface area contributed by atoms with Crippen LogP contribution in [0.15, 0.2) is 67.0 Å². The highest BCUT2D eigenvalue weighted by atomic mass is 35.5. The SMILES string of the molecule is O=C(c1cnn(Cc2ccccc2)c1)N1CCN(CCOc2ccc(Cl)cc2)CC1. The van der Waals surface area contributed by atoms with Gasteiger partial charge in [-0.1, -0.05) is 41.9 Å². The van der Waals surface area contributed by atoms with Crippen LogP contribution >= 0.6 is 11.6 Å². The number of aromatic nitrogens is 2. The van der Waals surface area contributed by atoms with E-state index in [0.717, 1.165) is 30.9 Å². The van der Waals surface area contributed by atoms with Crippen molar-refractivity contribution < 1.29 is 9.53 Å². The summed E-state index contributed by atoms with van der Waals surface area (Å²) in [7, 11) is 0. The molecule has 1 amide bonds. The molecule has 0 atom stereocenters. The number of carbonyl (C=O) groups excluding carboxylic acids is 1. The van der Waals surface area contributed by atoms with Gasteiger partial charge in [-0.15, -0.1) is 0 Å². The molecule has 1 aliphatic rings. The van der Waals surface area contributed by atoms with Crippen LogP contribution in [-0.2, 0) is 6.54 Å². The van der Waals surface area contributed by atoms with Gasteiger partial charge in [0.25, 0.3) is 5.91 Å². The summed E-state index contributed by atoms with van der Waals surface area (Å²) >= 11 is 5.89. The highest BCUT2D eigenvalue weighted by molar-refractivity contribution is 6.30. The molecular weight excluding hydrogens is 400 g/mol. The fourth-order valence-electron chi connectivity index (χ4n) is 3.51. The topological polar surface area (TPSA) is 50.6 Å². The third-order valence-corrected chi connectivity index (χ3v) is 5.47. The molecular formula is C23H25ClN4O2. The summed E-state index contributed by atoms with van der Waals surface area (Å²) in [4.78, 5) is 17.0. The Kier molecular flexibility index (Phi) is 6.67. The molecule has 4 rings (SSSR count). The van der Waals surface area contributed by atoms with E-state index in [9.17, 15) is 4.79 Å². The van der Waals surface area contributed by atoms with Crippen molar-refractivity contribution in [2.75, 3.05) is 39.3 Å². The van der Waals surface area contributed by atoms with Gasteiger partial charge in [0.15, 0.2) is 0 Å². The quantitative estimate of drug-likeness (QED) is 0.583. The molecule has 0 N–H and O–H groups in total. The molecule has 0 saturated carbocycles. The predicted molar refractivity (Wildman–Crippen MR) is 117 cm³/mol. The minimum absolute atomic E-state index is 0.0476. The van der Waals surface area contributed by atoms with Crippen molar-refractivity contribution in [3.63, 3.8) is 0 Å². The molecule has 2 aromatic carbocycles. The first-order chi connectivity index (χ1) is 14.7. The summed E-state index contributed by atoms with van der Waals surface area (Å²) in [5.41, 5.74) is 1.81. The molecule has 1 saturated heterocycles. The lowest BCUT2D eigenvalue weighted by atomic mass is 10.2. The standard InChI is InChI=1S/C23H25ClN4O2/c24-21-6-8-22(9-7-21)30-15-14-26-10-12-27(13-11-26)23(29)20-16-25-28(18-20)17-19-4-2-1-3-5-19/h1-9,16,18H,10-15,17H2. The Balaban J connectivity index is 1.22. The fraction of sp³-hybridized carbons (Fsp3) is 0.304. The minimum atomic E-state index is 0.0476. The number of ether oxygens (including phenoxy) is 1. The number of hydrogen-bond acceptors (Lipinski definition) is 4. The second-order valence-electron chi connectivity index (χ2n) is 7.35. The Labute approximate surface area is 181 Å². The summed E-state index contributed by atoms with van der Waals surface area (Å²) in [6.45, 7) is 5.21. The molecule has 0 unspecified atom stereocenters. The Morgan fingerprint density at radius 2 is 1.73 bits per heavy atom. The third kappa shape index (κ3) is 5.40. The number of carbonyl (C=O) groups is 1. The predicted octanol–water partition coefficient (Wildman–Crippen LogP) is 3.42. The van der Waals surface area contributed by atoms with E-state index < -0.39 is 0 Å². The van der Waals surface area contributed by atoms with Crippen molar-refractivity contribution in [2.24, 2.45) is 0 Å². The van der Waals surface area contributed by atoms with Crippen molar-refractivity contribution >= 4 is 17.5 Å². The smallest absolute Gasteiger partial charge is 0.257 e. The van der Waals surface area contributed by atoms with Crippen LogP contribution in [-0.4, -0.2) is 64.8 Å². The fourth-order valence-corrected chi connectivity index (χ4v) is 3.64. The van der Waals surface area contributed by atoms with Gasteiger partial charge in [-0.25, -0.2) is 0 Å². The molecule has 0 radical (unpaired) electrons. The Morgan fingerprint density at radius 1 is 1.00 bits per heavy atom. The van der Waals surface area contributed by atoms with Gasteiger partial charge in [0, 0.05) is 43.9 Å². The number of halogens is 1. The van der Waals surface area contributed by atoms with E-state index in [-0.39, 0.29) is 5.91 Å². The largest absolute Gasteiger partial charge is 0.492 e. The van der Waals surface area contributed by atoms with Gasteiger partial charge in [0.1, 0.15) is 12.4 Å². The van der Waals surface area contributed by atoms with E-state index in [1.54, 1.807) is 6.20 Å². The number of piperazine rings is 1. The number of nitrogens with zero attached hydrogens (tertiary/aromatic N) is 4. The van der Waals surface area contributed by atoms with Crippen LogP contribution in [0.25, 0.3) is 0 Å². The zero-order valence-electron chi connectivity index (χ0n) is 16.8. The lowest BCUT2D eigenvalue weighted by Gasteiger charge is -2.34. The molecule has 0 bridgehead atoms. The van der Waals surface area contributed by atoms with Gasteiger partial charge in [0.2, 0.25) is 0 Å². The number of hydrogen-bond donors (Lipinski definition) is 0. The van der Waals surface area contributed by atoms with Crippen LogP contribution in [0.5, 0.6) is 5.75 Å². The monoisotopic (exact) mass is 424 g/mol. The van der Waals surface area contributed by atoms with Gasteiger partial charge in [-0.05, 0) is 29.8 Å². The summed E-state index contributed by atoms with van der Waals surface area (Å²) in [5, 5.41) is 5.05. The van der Waals surface area contributed by atoms with Gasteiger partial charge in [0.05, 0.1) is 18.3 Å². The van der Waals surface area contributed by atoms with Crippen LogP contribution in [0.4, 0.5) is 0 Å². The van der Waals surface area contributed by atoms with Gasteiger partial charge >= 0.3 is 0 Å². The molecule has 1 aromatic heterocycles. The van der Waals surface area contributed by atoms with Crippen molar-refractivity contribution in [2.45, 2.75) is 6.54 Å². The normalized spacial score (nSPS) is 14.6. The van der Waals surface area contributed by atoms with Gasteiger partial charge in [-0.2, -0.15) is 5.10 Å². The zero-order chi connectivity index (χ0) is 20.8. The van der Waals surface area contributed by atoms with Crippen LogP contribution < -0.4 is 4.74 Å². The summed E-state index contributed by atoms with van der Waals surface area (Å²) < 4.78 is 7.58. The molecule has 0 aliphatic carbocycles. The maximum atomic E-state index is 12.8. The van der Waals surface area contributed by atoms with E-state index in [0.29, 0.717) is 36.8 Å². The van der Waals surface area contributed by atoms with E-state index in [4.69, 9.17) is 16.3 Å². The lowest BCUT2D eigenvalue weighted by molar-refractivity contribution is 0.0620. The Hall–Kier alpha value is -2.83. The molecule has 156 valence electrons. The molecule has 0 spiro atoms. The second kappa shape index (κ2) is 9.78. The number of amides is 1. The first kappa shape index (κ1) is 20.4. The molecule has 30 heavy (non-hydrogen) atoms. The highest BCUT2D eigenvalue weighted by Gasteiger charge is 2.23. The first-order valence-electron chi connectivity index (χ1n) is 10.1. The van der Waals surface area contributed by atoms with E-state index in [1.165, 1.54) is 0 Å². The number of rotatable bonds is 7. The van der Waals surface area contributed by atoms with Crippen LogP contribution in [0.3, 0.4) is 0 Å². The maximum Gasteiger partial charge on any atom is 0.257 e. The summed E-state index contributed by atoms with van der Waals surface area (Å²) in [6, 6.07) is 17.5. The second-order valence-corrected chi connectivity index (χ2v) is 7.78. The van der Waals surface area contributed by atoms with Crippen LogP contribution in [0.2, 0.25) is 5.02 Å².